The first-order chi connectivity index (χ1) is 11.6. The summed E-state index contributed by atoms with van der Waals surface area (Å²) in [5.41, 5.74) is 0. The predicted molar refractivity (Wildman–Crippen MR) is 94.5 cm³/mol. The van der Waals surface area contributed by atoms with E-state index in [1.807, 2.05) is 18.7 Å². The van der Waals surface area contributed by atoms with E-state index in [-0.39, 0.29) is 35.9 Å². The number of hydrogen-bond donors (Lipinski definition) is 2. The van der Waals surface area contributed by atoms with Crippen LogP contribution in [0.3, 0.4) is 0 Å². The fourth-order valence-corrected chi connectivity index (χ4v) is 4.85. The molecule has 2 aliphatic heterocycles. The molecule has 5 heteroatoms. The molecule has 1 aliphatic carbocycles. The van der Waals surface area contributed by atoms with Crippen LogP contribution in [0.4, 0.5) is 0 Å². The highest BCUT2D eigenvalue weighted by Crippen LogP contribution is 2.31. The highest BCUT2D eigenvalue weighted by atomic mass is 16.2. The van der Waals surface area contributed by atoms with Gasteiger partial charge in [0.15, 0.2) is 0 Å². The monoisotopic (exact) mass is 335 g/mol. The average Bonchev–Trinajstić information content (AvgIpc) is 2.59. The second-order valence-corrected chi connectivity index (χ2v) is 8.17. The van der Waals surface area contributed by atoms with Crippen molar-refractivity contribution in [1.82, 2.24) is 15.5 Å². The molecule has 2 heterocycles. The minimum Gasteiger partial charge on any atom is -0.342 e. The van der Waals surface area contributed by atoms with Gasteiger partial charge in [0.2, 0.25) is 11.8 Å². The number of nitrogens with zero attached hydrogens (tertiary/aromatic N) is 1. The molecule has 5 nitrogen and oxygen atoms in total. The van der Waals surface area contributed by atoms with Gasteiger partial charge in [-0.25, -0.2) is 0 Å². The van der Waals surface area contributed by atoms with Gasteiger partial charge in [0.1, 0.15) is 12.1 Å². The first kappa shape index (κ1) is 17.7. The number of hydrogen-bond acceptors (Lipinski definition) is 3. The molecule has 0 bridgehead atoms. The molecule has 2 N–H and O–H groups in total. The maximum atomic E-state index is 13.1. The highest BCUT2D eigenvalue weighted by Gasteiger charge is 2.45. The summed E-state index contributed by atoms with van der Waals surface area (Å²) < 4.78 is 0. The zero-order chi connectivity index (χ0) is 17.1. The normalized spacial score (nSPS) is 30.7. The lowest BCUT2D eigenvalue weighted by Crippen LogP contribution is -2.67. The molecule has 3 aliphatic rings. The van der Waals surface area contributed by atoms with Gasteiger partial charge in [-0.15, -0.1) is 0 Å². The summed E-state index contributed by atoms with van der Waals surface area (Å²) in [6.45, 7) is 5.98. The molecule has 3 fully saturated rings. The van der Waals surface area contributed by atoms with Crippen LogP contribution < -0.4 is 10.6 Å². The van der Waals surface area contributed by atoms with Crippen LogP contribution in [0.15, 0.2) is 0 Å². The van der Waals surface area contributed by atoms with Crippen molar-refractivity contribution in [1.29, 1.82) is 0 Å². The lowest BCUT2D eigenvalue weighted by Gasteiger charge is -2.46. The number of rotatable bonds is 4. The second-order valence-electron chi connectivity index (χ2n) is 8.17. The zero-order valence-electron chi connectivity index (χ0n) is 15.2. The Morgan fingerprint density at radius 1 is 1.04 bits per heavy atom. The highest BCUT2D eigenvalue weighted by molar-refractivity contribution is 5.97. The van der Waals surface area contributed by atoms with Gasteiger partial charge in [0, 0.05) is 6.04 Å². The van der Waals surface area contributed by atoms with E-state index in [0.717, 1.165) is 32.4 Å². The first-order valence-corrected chi connectivity index (χ1v) is 9.91. The van der Waals surface area contributed by atoms with Gasteiger partial charge in [-0.05, 0) is 58.0 Å². The van der Waals surface area contributed by atoms with Gasteiger partial charge in [0.25, 0.3) is 0 Å². The van der Waals surface area contributed by atoms with Crippen molar-refractivity contribution in [2.45, 2.75) is 83.3 Å². The summed E-state index contributed by atoms with van der Waals surface area (Å²) in [4.78, 5) is 27.9. The predicted octanol–water partition coefficient (Wildman–Crippen LogP) is 2.06. The Kier molecular flexibility index (Phi) is 5.80. The van der Waals surface area contributed by atoms with Crippen molar-refractivity contribution in [3.63, 3.8) is 0 Å². The van der Waals surface area contributed by atoms with Crippen LogP contribution in [-0.2, 0) is 9.59 Å². The SMILES string of the molecule is CC(C)N1C(=O)[C@H](CC2CCCCC2)NC(=O)C1C1CCNCC1. The van der Waals surface area contributed by atoms with Crippen LogP contribution in [0.5, 0.6) is 0 Å². The van der Waals surface area contributed by atoms with Crippen molar-refractivity contribution in [3.05, 3.63) is 0 Å². The Bertz CT molecular complexity index is 454. The lowest BCUT2D eigenvalue weighted by molar-refractivity contribution is -0.155. The van der Waals surface area contributed by atoms with E-state index in [0.29, 0.717) is 5.92 Å². The summed E-state index contributed by atoms with van der Waals surface area (Å²) in [5.74, 6) is 1.11. The van der Waals surface area contributed by atoms with Crippen molar-refractivity contribution in [2.24, 2.45) is 11.8 Å². The summed E-state index contributed by atoms with van der Waals surface area (Å²) >= 11 is 0. The number of amides is 2. The van der Waals surface area contributed by atoms with E-state index in [9.17, 15) is 9.59 Å². The number of carbonyl (C=O) groups is 2. The Balaban J connectivity index is 1.72. The molecule has 136 valence electrons. The van der Waals surface area contributed by atoms with E-state index >= 15 is 0 Å². The fourth-order valence-electron chi connectivity index (χ4n) is 4.85. The molecular weight excluding hydrogens is 302 g/mol. The minimum absolute atomic E-state index is 0.0796. The van der Waals surface area contributed by atoms with Crippen LogP contribution >= 0.6 is 0 Å². The zero-order valence-corrected chi connectivity index (χ0v) is 15.2. The second kappa shape index (κ2) is 7.85. The largest absolute Gasteiger partial charge is 0.342 e. The van der Waals surface area contributed by atoms with E-state index in [2.05, 4.69) is 10.6 Å². The minimum atomic E-state index is -0.305. The number of nitrogens with one attached hydrogen (secondary N) is 2. The summed E-state index contributed by atoms with van der Waals surface area (Å²) in [6.07, 6.45) is 9.04. The summed E-state index contributed by atoms with van der Waals surface area (Å²) in [6, 6.07) is -0.500. The Morgan fingerprint density at radius 3 is 2.33 bits per heavy atom. The van der Waals surface area contributed by atoms with Gasteiger partial charge in [-0.1, -0.05) is 32.1 Å². The summed E-state index contributed by atoms with van der Waals surface area (Å²) in [7, 11) is 0. The third kappa shape index (κ3) is 3.76. The number of carbonyl (C=O) groups excluding carboxylic acids is 2. The van der Waals surface area contributed by atoms with Crippen molar-refractivity contribution >= 4 is 11.8 Å². The van der Waals surface area contributed by atoms with E-state index in [1.165, 1.54) is 32.1 Å². The molecule has 2 atom stereocenters. The molecule has 0 aromatic carbocycles. The Hall–Kier alpha value is -1.10. The topological polar surface area (TPSA) is 61.4 Å². The van der Waals surface area contributed by atoms with Crippen molar-refractivity contribution < 1.29 is 9.59 Å². The molecule has 0 aromatic rings. The fraction of sp³-hybridized carbons (Fsp3) is 0.895. The van der Waals surface area contributed by atoms with Gasteiger partial charge in [-0.3, -0.25) is 9.59 Å². The molecule has 0 spiro atoms. The van der Waals surface area contributed by atoms with Crippen LogP contribution in [0, 0.1) is 11.8 Å². The molecule has 1 saturated carbocycles. The third-order valence-electron chi connectivity index (χ3n) is 6.12. The van der Waals surface area contributed by atoms with Gasteiger partial charge < -0.3 is 15.5 Å². The van der Waals surface area contributed by atoms with Crippen LogP contribution in [0.25, 0.3) is 0 Å². The number of piperazine rings is 1. The maximum absolute atomic E-state index is 13.1. The average molecular weight is 335 g/mol. The van der Waals surface area contributed by atoms with Crippen LogP contribution in [-0.4, -0.2) is 47.9 Å². The molecule has 0 radical (unpaired) electrons. The van der Waals surface area contributed by atoms with Crippen molar-refractivity contribution in [3.8, 4) is 0 Å². The molecule has 3 rings (SSSR count). The number of piperidine rings is 1. The van der Waals surface area contributed by atoms with E-state index in [4.69, 9.17) is 0 Å². The quantitative estimate of drug-likeness (QED) is 0.827. The van der Waals surface area contributed by atoms with Gasteiger partial charge in [-0.2, -0.15) is 0 Å². The van der Waals surface area contributed by atoms with Crippen LogP contribution in [0.2, 0.25) is 0 Å². The van der Waals surface area contributed by atoms with E-state index in [1.54, 1.807) is 0 Å². The lowest BCUT2D eigenvalue weighted by atomic mass is 9.82. The molecule has 2 amide bonds. The summed E-state index contributed by atoms with van der Waals surface area (Å²) in [5, 5.41) is 6.45. The molecule has 2 saturated heterocycles. The molecule has 1 unspecified atom stereocenters. The maximum Gasteiger partial charge on any atom is 0.246 e. The molecular formula is C19H33N3O2. The standard InChI is InChI=1S/C19H33N3O2/c1-13(2)22-17(15-8-10-20-11-9-15)18(23)21-16(19(22)24)12-14-6-4-3-5-7-14/h13-17,20H,3-12H2,1-2H3,(H,21,23)/t16-,17?/m0/s1. The van der Waals surface area contributed by atoms with Gasteiger partial charge in [0.05, 0.1) is 0 Å². The Labute approximate surface area is 145 Å². The first-order valence-electron chi connectivity index (χ1n) is 9.91. The molecule has 24 heavy (non-hydrogen) atoms. The Morgan fingerprint density at radius 2 is 1.71 bits per heavy atom. The third-order valence-corrected chi connectivity index (χ3v) is 6.12. The van der Waals surface area contributed by atoms with Crippen molar-refractivity contribution in [2.75, 3.05) is 13.1 Å². The van der Waals surface area contributed by atoms with Crippen LogP contribution in [0.1, 0.15) is 65.2 Å². The smallest absolute Gasteiger partial charge is 0.246 e. The molecule has 0 aromatic heterocycles. The van der Waals surface area contributed by atoms with Gasteiger partial charge >= 0.3 is 0 Å². The van der Waals surface area contributed by atoms with E-state index < -0.39 is 0 Å².